The zero-order valence-electron chi connectivity index (χ0n) is 45.0. The summed E-state index contributed by atoms with van der Waals surface area (Å²) >= 11 is 1.46. The highest BCUT2D eigenvalue weighted by molar-refractivity contribution is 7.98. The molecule has 2 aromatic heterocycles. The highest BCUT2D eigenvalue weighted by Crippen LogP contribution is 2.20. The van der Waals surface area contributed by atoms with E-state index >= 15 is 0 Å². The van der Waals surface area contributed by atoms with Crippen molar-refractivity contribution in [1.82, 2.24) is 57.5 Å². The molecule has 0 aliphatic carbocycles. The first-order chi connectivity index (χ1) is 37.5. The number of carbonyl (C=O) groups excluding carboxylic acids is 11. The summed E-state index contributed by atoms with van der Waals surface area (Å²) in [5.41, 5.74) is 18.6. The minimum atomic E-state index is -1.39. The number of nitrogens with one attached hydrogen (secondary N) is 11. The number of imidazole rings is 1. The molecule has 11 amide bonds. The summed E-state index contributed by atoms with van der Waals surface area (Å²) < 4.78 is 0. The predicted molar refractivity (Wildman–Crippen MR) is 295 cm³/mol. The van der Waals surface area contributed by atoms with Crippen LogP contribution >= 0.6 is 11.8 Å². The number of para-hydroxylation sites is 1. The van der Waals surface area contributed by atoms with Crippen LogP contribution in [0.1, 0.15) is 81.9 Å². The van der Waals surface area contributed by atoms with Crippen LogP contribution in [-0.2, 0) is 60.8 Å². The SMILES string of the molecule is CSCC[C@H](NC(=O)[C@H](CC(C)C)NC(=O)[C@H](Cc1cnc[nH]1)NC(=O)CNC(=O)[C@@H](NC(=O)[C@H](C)NC(=O)[C@H](Cc1c[nH]c2ccccc12)NC(=O)[C@H](CCC(N)=O)NC(=O)c1ccc(NC(=O)CN)cc1)C(C)C)C(N)=O. The van der Waals surface area contributed by atoms with Gasteiger partial charge in [-0.3, -0.25) is 52.7 Å². The number of carbonyl (C=O) groups is 11. The van der Waals surface area contributed by atoms with Gasteiger partial charge in [-0.25, -0.2) is 4.98 Å². The van der Waals surface area contributed by atoms with Crippen molar-refractivity contribution < 1.29 is 52.7 Å². The van der Waals surface area contributed by atoms with Gasteiger partial charge < -0.3 is 75.0 Å². The number of benzene rings is 2. The van der Waals surface area contributed by atoms with Gasteiger partial charge in [0.1, 0.15) is 42.3 Å². The fraction of sp³-hybridized carbons (Fsp3) is 0.462. The number of hydrogen-bond acceptors (Lipinski definition) is 14. The van der Waals surface area contributed by atoms with E-state index < -0.39 is 120 Å². The molecule has 0 bridgehead atoms. The summed E-state index contributed by atoms with van der Waals surface area (Å²) in [5.74, 6) is -8.26. The number of aromatic nitrogens is 3. The van der Waals surface area contributed by atoms with Gasteiger partial charge in [0.05, 0.1) is 19.4 Å². The van der Waals surface area contributed by atoms with Crippen LogP contribution in [0.2, 0.25) is 0 Å². The average molecular weight is 1120 g/mol. The van der Waals surface area contributed by atoms with Crippen molar-refractivity contribution in [2.24, 2.45) is 29.0 Å². The van der Waals surface area contributed by atoms with Gasteiger partial charge in [0, 0.05) is 59.5 Å². The third-order valence-electron chi connectivity index (χ3n) is 12.3. The van der Waals surface area contributed by atoms with E-state index in [0.717, 1.165) is 10.9 Å². The van der Waals surface area contributed by atoms with Crippen LogP contribution < -0.4 is 65.1 Å². The van der Waals surface area contributed by atoms with Gasteiger partial charge in [-0.2, -0.15) is 11.8 Å². The normalized spacial score (nSPS) is 13.8. The molecule has 428 valence electrons. The van der Waals surface area contributed by atoms with E-state index in [2.05, 4.69) is 62.8 Å². The highest BCUT2D eigenvalue weighted by Gasteiger charge is 2.34. The van der Waals surface area contributed by atoms with Crippen LogP contribution in [0.15, 0.2) is 67.3 Å². The molecule has 2 heterocycles. The summed E-state index contributed by atoms with van der Waals surface area (Å²) in [7, 11) is 0. The van der Waals surface area contributed by atoms with E-state index in [1.165, 1.54) is 55.5 Å². The smallest absolute Gasteiger partial charge is 0.251 e. The van der Waals surface area contributed by atoms with Crippen molar-refractivity contribution >= 4 is 93.3 Å². The van der Waals surface area contributed by atoms with Gasteiger partial charge in [-0.1, -0.05) is 45.9 Å². The Balaban J connectivity index is 1.46. The summed E-state index contributed by atoms with van der Waals surface area (Å²) in [4.78, 5) is 156. The summed E-state index contributed by atoms with van der Waals surface area (Å²) in [6.07, 6.45) is 5.99. The second kappa shape index (κ2) is 31.2. The lowest BCUT2D eigenvalue weighted by Gasteiger charge is -2.26. The minimum Gasteiger partial charge on any atom is -0.370 e. The fourth-order valence-corrected chi connectivity index (χ4v) is 8.50. The number of rotatable bonds is 32. The molecule has 0 aliphatic heterocycles. The molecule has 4 aromatic rings. The zero-order chi connectivity index (χ0) is 58.3. The second-order valence-electron chi connectivity index (χ2n) is 19.5. The molecule has 0 saturated carbocycles. The first kappa shape index (κ1) is 63.2. The zero-order valence-corrected chi connectivity index (χ0v) is 45.8. The maximum atomic E-state index is 14.2. The predicted octanol–water partition coefficient (Wildman–Crippen LogP) is -1.38. The number of primary amides is 2. The summed E-state index contributed by atoms with van der Waals surface area (Å²) in [5, 5.41) is 24.1. The minimum absolute atomic E-state index is 0.0835. The molecule has 0 spiro atoms. The van der Waals surface area contributed by atoms with Crippen LogP contribution in [0.5, 0.6) is 0 Å². The lowest BCUT2D eigenvalue weighted by atomic mass is 10.0. The quantitative estimate of drug-likeness (QED) is 0.0268. The maximum Gasteiger partial charge on any atom is 0.251 e. The lowest BCUT2D eigenvalue weighted by molar-refractivity contribution is -0.135. The first-order valence-electron chi connectivity index (χ1n) is 25.6. The summed E-state index contributed by atoms with van der Waals surface area (Å²) in [6.45, 7) is 7.38. The standard InChI is InChI=1S/C52H73N15O11S/c1-27(2)19-38(50(76)63-36(45(55)71)17-18-79-6)65-51(77)40(21-33-24-56-26-59-33)62-43(70)25-58-52(78)44(28(3)4)67-46(72)29(5)60-49(75)39(20-31-23-57-35-10-8-7-9-34(31)35)66-48(74)37(15-16-41(54)68)64-47(73)30-11-13-32(14-12-30)61-42(69)22-53/h7-14,23-24,26-29,36-40,44,57H,15-22,25,53H2,1-6H3,(H2,54,68)(H2,55,71)(H,56,59)(H,58,78)(H,60,75)(H,61,69)(H,62,70)(H,63,76)(H,64,73)(H,65,77)(H,66,74)(H,67,72)/t29-,36-,37-,38-,39-,40-,44-/m0/s1. The molecule has 26 nitrogen and oxygen atoms in total. The Kier molecular flexibility index (Phi) is 24.9. The molecule has 2 aromatic carbocycles. The van der Waals surface area contributed by atoms with Crippen LogP contribution in [-0.4, -0.2) is 147 Å². The van der Waals surface area contributed by atoms with E-state index in [0.29, 0.717) is 22.7 Å². The monoisotopic (exact) mass is 1120 g/mol. The topological polar surface area (TPSA) is 419 Å². The molecule has 0 radical (unpaired) electrons. The van der Waals surface area contributed by atoms with Gasteiger partial charge in [-0.05, 0) is 85.9 Å². The number of thioether (sulfide) groups is 1. The largest absolute Gasteiger partial charge is 0.370 e. The number of nitrogens with two attached hydrogens (primary N) is 3. The first-order valence-corrected chi connectivity index (χ1v) is 27.0. The Morgan fingerprint density at radius 3 is 1.90 bits per heavy atom. The third kappa shape index (κ3) is 20.5. The molecular formula is C52H73N15O11S. The van der Waals surface area contributed by atoms with Gasteiger partial charge >= 0.3 is 0 Å². The number of amides is 11. The number of fused-ring (bicyclic) bond motifs is 1. The highest BCUT2D eigenvalue weighted by atomic mass is 32.2. The van der Waals surface area contributed by atoms with E-state index in [1.54, 1.807) is 38.2 Å². The molecule has 7 atom stereocenters. The Morgan fingerprint density at radius 1 is 0.646 bits per heavy atom. The third-order valence-corrected chi connectivity index (χ3v) is 13.0. The fourth-order valence-electron chi connectivity index (χ4n) is 8.03. The van der Waals surface area contributed by atoms with Crippen LogP contribution in [0.25, 0.3) is 10.9 Å². The molecule has 0 unspecified atom stereocenters. The van der Waals surface area contributed by atoms with Crippen molar-refractivity contribution in [2.45, 2.75) is 115 Å². The Bertz CT molecular complexity index is 2770. The van der Waals surface area contributed by atoms with E-state index in [4.69, 9.17) is 17.2 Å². The number of H-pyrrole nitrogens is 2. The van der Waals surface area contributed by atoms with Crippen molar-refractivity contribution in [3.63, 3.8) is 0 Å². The van der Waals surface area contributed by atoms with Crippen molar-refractivity contribution in [3.05, 3.63) is 84.1 Å². The maximum absolute atomic E-state index is 14.2. The Hall–Kier alpha value is -8.33. The number of aromatic amines is 2. The Morgan fingerprint density at radius 2 is 1.28 bits per heavy atom. The Labute approximate surface area is 461 Å². The molecule has 4 rings (SSSR count). The van der Waals surface area contributed by atoms with Gasteiger partial charge in [-0.15, -0.1) is 0 Å². The van der Waals surface area contributed by atoms with Crippen LogP contribution in [0, 0.1) is 11.8 Å². The van der Waals surface area contributed by atoms with Crippen molar-refractivity contribution in [1.29, 1.82) is 0 Å². The number of hydrogen-bond donors (Lipinski definition) is 14. The lowest BCUT2D eigenvalue weighted by Crippen LogP contribution is -2.59. The van der Waals surface area contributed by atoms with Gasteiger partial charge in [0.2, 0.25) is 59.1 Å². The summed E-state index contributed by atoms with van der Waals surface area (Å²) in [6, 6.07) is 4.18. The van der Waals surface area contributed by atoms with Crippen molar-refractivity contribution in [3.8, 4) is 0 Å². The molecular weight excluding hydrogens is 1040 g/mol. The number of anilines is 1. The van der Waals surface area contributed by atoms with Gasteiger partial charge in [0.25, 0.3) is 5.91 Å². The number of nitrogens with zero attached hydrogens (tertiary/aromatic N) is 1. The van der Waals surface area contributed by atoms with Crippen LogP contribution in [0.3, 0.4) is 0 Å². The molecule has 17 N–H and O–H groups in total. The average Bonchev–Trinajstić information content (AvgIpc) is 4.08. The van der Waals surface area contributed by atoms with Gasteiger partial charge in [0.15, 0.2) is 0 Å². The van der Waals surface area contributed by atoms with E-state index in [9.17, 15) is 52.7 Å². The van der Waals surface area contributed by atoms with Crippen molar-refractivity contribution in [2.75, 3.05) is 30.4 Å². The molecule has 27 heteroatoms. The molecule has 0 saturated heterocycles. The molecule has 79 heavy (non-hydrogen) atoms. The second-order valence-corrected chi connectivity index (χ2v) is 20.5. The van der Waals surface area contributed by atoms with E-state index in [1.807, 2.05) is 26.2 Å². The van der Waals surface area contributed by atoms with Crippen LogP contribution in [0.4, 0.5) is 5.69 Å². The molecule has 0 aliphatic rings. The molecule has 0 fully saturated rings. The van der Waals surface area contributed by atoms with E-state index in [-0.39, 0.29) is 56.6 Å².